The second-order valence-corrected chi connectivity index (χ2v) is 7.17. The van der Waals surface area contributed by atoms with E-state index >= 15 is 0 Å². The third-order valence-corrected chi connectivity index (χ3v) is 5.07. The van der Waals surface area contributed by atoms with E-state index in [1.807, 2.05) is 42.8 Å². The van der Waals surface area contributed by atoms with E-state index in [1.54, 1.807) is 11.3 Å². The van der Waals surface area contributed by atoms with E-state index in [2.05, 4.69) is 20.1 Å². The van der Waals surface area contributed by atoms with Crippen LogP contribution in [-0.4, -0.2) is 53.4 Å². The highest BCUT2D eigenvalue weighted by Crippen LogP contribution is 2.14. The highest BCUT2D eigenvalue weighted by Gasteiger charge is 2.18. The molecule has 0 radical (unpaired) electrons. The summed E-state index contributed by atoms with van der Waals surface area (Å²) in [7, 11) is 0. The Morgan fingerprint density at radius 2 is 2.00 bits per heavy atom. The van der Waals surface area contributed by atoms with Crippen LogP contribution in [0, 0.1) is 6.92 Å². The maximum absolute atomic E-state index is 12.3. The Morgan fingerprint density at radius 3 is 2.79 bits per heavy atom. The number of carbonyl (C=O) groups excluding carboxylic acids is 1. The fourth-order valence-electron chi connectivity index (χ4n) is 2.97. The van der Waals surface area contributed by atoms with Crippen molar-refractivity contribution < 1.29 is 4.79 Å². The van der Waals surface area contributed by atoms with Gasteiger partial charge in [0.05, 0.1) is 13.1 Å². The monoisotopic (exact) mass is 344 g/mol. The zero-order chi connectivity index (χ0) is 16.8. The van der Waals surface area contributed by atoms with Gasteiger partial charge >= 0.3 is 0 Å². The van der Waals surface area contributed by atoms with Gasteiger partial charge in [0.1, 0.15) is 5.01 Å². The molecular formula is C18H24N4OS. The molecule has 0 unspecified atom stereocenters. The number of para-hydroxylation sites is 1. The van der Waals surface area contributed by atoms with Crippen LogP contribution in [0.5, 0.6) is 0 Å². The Balaban J connectivity index is 1.47. The predicted octanol–water partition coefficient (Wildman–Crippen LogP) is 2.60. The largest absolute Gasteiger partial charge is 0.325 e. The van der Waals surface area contributed by atoms with E-state index in [1.165, 1.54) is 5.01 Å². The second kappa shape index (κ2) is 8.37. The first-order valence-electron chi connectivity index (χ1n) is 8.39. The molecule has 5 nitrogen and oxygen atoms in total. The predicted molar refractivity (Wildman–Crippen MR) is 98.3 cm³/mol. The van der Waals surface area contributed by atoms with Gasteiger partial charge in [-0.2, -0.15) is 0 Å². The Bertz CT molecular complexity index is 659. The van der Waals surface area contributed by atoms with Crippen LogP contribution < -0.4 is 5.32 Å². The van der Waals surface area contributed by atoms with Gasteiger partial charge in [-0.15, -0.1) is 11.3 Å². The number of nitrogens with one attached hydrogen (secondary N) is 1. The van der Waals surface area contributed by atoms with Crippen LogP contribution in [0.3, 0.4) is 0 Å². The number of carbonyl (C=O) groups is 1. The van der Waals surface area contributed by atoms with Crippen LogP contribution in [0.2, 0.25) is 0 Å². The van der Waals surface area contributed by atoms with Gasteiger partial charge in [0.25, 0.3) is 0 Å². The maximum atomic E-state index is 12.3. The summed E-state index contributed by atoms with van der Waals surface area (Å²) in [6, 6.07) is 7.89. The number of nitrogens with zero attached hydrogens (tertiary/aromatic N) is 3. The third kappa shape index (κ3) is 4.87. The van der Waals surface area contributed by atoms with Crippen LogP contribution in [0.4, 0.5) is 5.69 Å². The van der Waals surface area contributed by atoms with E-state index in [9.17, 15) is 4.79 Å². The van der Waals surface area contributed by atoms with Crippen molar-refractivity contribution in [3.63, 3.8) is 0 Å². The molecule has 1 aromatic heterocycles. The molecule has 1 fully saturated rings. The number of benzene rings is 1. The van der Waals surface area contributed by atoms with Gasteiger partial charge in [-0.1, -0.05) is 18.2 Å². The Labute approximate surface area is 147 Å². The molecule has 0 atom stereocenters. The zero-order valence-electron chi connectivity index (χ0n) is 14.1. The summed E-state index contributed by atoms with van der Waals surface area (Å²) in [5.41, 5.74) is 2.00. The number of amides is 1. The molecular weight excluding hydrogens is 320 g/mol. The molecule has 6 heteroatoms. The van der Waals surface area contributed by atoms with Crippen LogP contribution in [0.1, 0.15) is 17.0 Å². The topological polar surface area (TPSA) is 48.5 Å². The number of hydrogen-bond donors (Lipinski definition) is 1. The van der Waals surface area contributed by atoms with Crippen LogP contribution >= 0.6 is 11.3 Å². The Hall–Kier alpha value is -1.76. The lowest BCUT2D eigenvalue weighted by Gasteiger charge is -2.21. The summed E-state index contributed by atoms with van der Waals surface area (Å²) in [6.45, 7) is 7.33. The van der Waals surface area contributed by atoms with Gasteiger partial charge < -0.3 is 5.32 Å². The van der Waals surface area contributed by atoms with E-state index in [0.717, 1.165) is 50.4 Å². The minimum absolute atomic E-state index is 0.0673. The minimum Gasteiger partial charge on any atom is -0.325 e. The van der Waals surface area contributed by atoms with Gasteiger partial charge in [-0.3, -0.25) is 14.6 Å². The van der Waals surface area contributed by atoms with Crippen molar-refractivity contribution in [2.75, 3.05) is 38.0 Å². The molecule has 0 aliphatic carbocycles. The van der Waals surface area contributed by atoms with Crippen LogP contribution in [-0.2, 0) is 11.3 Å². The third-order valence-electron chi connectivity index (χ3n) is 4.31. The SMILES string of the molecule is Cc1ccccc1NC(=O)CN1CCCN(Cc2nccs2)CC1. The van der Waals surface area contributed by atoms with Crippen molar-refractivity contribution in [2.45, 2.75) is 19.9 Å². The molecule has 3 rings (SSSR count). The molecule has 0 spiro atoms. The molecule has 24 heavy (non-hydrogen) atoms. The normalized spacial score (nSPS) is 16.7. The van der Waals surface area contributed by atoms with E-state index in [-0.39, 0.29) is 5.91 Å². The molecule has 1 saturated heterocycles. The highest BCUT2D eigenvalue weighted by molar-refractivity contribution is 7.09. The van der Waals surface area contributed by atoms with Crippen molar-refractivity contribution in [1.82, 2.24) is 14.8 Å². The first-order valence-corrected chi connectivity index (χ1v) is 9.27. The van der Waals surface area contributed by atoms with E-state index in [4.69, 9.17) is 0 Å². The number of anilines is 1. The molecule has 1 aromatic carbocycles. The summed E-state index contributed by atoms with van der Waals surface area (Å²) in [6.07, 6.45) is 2.95. The van der Waals surface area contributed by atoms with Crippen molar-refractivity contribution in [2.24, 2.45) is 0 Å². The molecule has 1 amide bonds. The van der Waals surface area contributed by atoms with Crippen LogP contribution in [0.25, 0.3) is 0 Å². The first kappa shape index (κ1) is 17.1. The number of aryl methyl sites for hydroxylation is 1. The summed E-state index contributed by atoms with van der Waals surface area (Å²) >= 11 is 1.71. The molecule has 128 valence electrons. The fourth-order valence-corrected chi connectivity index (χ4v) is 3.63. The van der Waals surface area contributed by atoms with Crippen molar-refractivity contribution in [1.29, 1.82) is 0 Å². The molecule has 0 bridgehead atoms. The molecule has 1 aliphatic heterocycles. The number of rotatable bonds is 5. The zero-order valence-corrected chi connectivity index (χ0v) is 14.9. The average molecular weight is 344 g/mol. The lowest BCUT2D eigenvalue weighted by atomic mass is 10.2. The summed E-state index contributed by atoms with van der Waals surface area (Å²) in [5.74, 6) is 0.0673. The van der Waals surface area contributed by atoms with E-state index in [0.29, 0.717) is 6.54 Å². The quantitative estimate of drug-likeness (QED) is 0.906. The lowest BCUT2D eigenvalue weighted by molar-refractivity contribution is -0.117. The first-order chi connectivity index (χ1) is 11.7. The smallest absolute Gasteiger partial charge is 0.238 e. The fraction of sp³-hybridized carbons (Fsp3) is 0.444. The number of hydrogen-bond acceptors (Lipinski definition) is 5. The van der Waals surface area contributed by atoms with Gasteiger partial charge in [-0.05, 0) is 38.1 Å². The van der Waals surface area contributed by atoms with Crippen molar-refractivity contribution in [3.8, 4) is 0 Å². The van der Waals surface area contributed by atoms with E-state index < -0.39 is 0 Å². The number of aromatic nitrogens is 1. The summed E-state index contributed by atoms with van der Waals surface area (Å²) in [5, 5.41) is 6.21. The minimum atomic E-state index is 0.0673. The number of thiazole rings is 1. The van der Waals surface area contributed by atoms with Crippen molar-refractivity contribution in [3.05, 3.63) is 46.4 Å². The summed E-state index contributed by atoms with van der Waals surface area (Å²) in [4.78, 5) is 21.3. The van der Waals surface area contributed by atoms with Gasteiger partial charge in [0, 0.05) is 30.4 Å². The lowest BCUT2D eigenvalue weighted by Crippen LogP contribution is -2.36. The van der Waals surface area contributed by atoms with Gasteiger partial charge in [0.15, 0.2) is 0 Å². The van der Waals surface area contributed by atoms with Crippen molar-refractivity contribution >= 4 is 22.9 Å². The molecule has 2 aromatic rings. The Kier molecular flexibility index (Phi) is 5.96. The molecule has 2 heterocycles. The Morgan fingerprint density at radius 1 is 1.21 bits per heavy atom. The van der Waals surface area contributed by atoms with Gasteiger partial charge in [-0.25, -0.2) is 4.98 Å². The molecule has 1 N–H and O–H groups in total. The maximum Gasteiger partial charge on any atom is 0.238 e. The second-order valence-electron chi connectivity index (χ2n) is 6.19. The van der Waals surface area contributed by atoms with Crippen LogP contribution in [0.15, 0.2) is 35.8 Å². The molecule has 0 saturated carbocycles. The standard InChI is InChI=1S/C18H24N4OS/c1-15-5-2-3-6-16(15)20-17(23)13-21-8-4-9-22(11-10-21)14-18-19-7-12-24-18/h2-3,5-7,12H,4,8-11,13-14H2,1H3,(H,20,23). The molecule has 1 aliphatic rings. The highest BCUT2D eigenvalue weighted by atomic mass is 32.1. The average Bonchev–Trinajstić information content (AvgIpc) is 2.97. The van der Waals surface area contributed by atoms with Gasteiger partial charge in [0.2, 0.25) is 5.91 Å². The summed E-state index contributed by atoms with van der Waals surface area (Å²) < 4.78 is 0.